The third kappa shape index (κ3) is 4.18. The molecule has 2 heterocycles. The average Bonchev–Trinajstić information content (AvgIpc) is 2.83. The van der Waals surface area contributed by atoms with E-state index in [0.717, 1.165) is 5.69 Å². The van der Waals surface area contributed by atoms with Crippen LogP contribution in [0.15, 0.2) is 24.3 Å². The molecule has 1 amide bonds. The Morgan fingerprint density at radius 1 is 1.26 bits per heavy atom. The molecule has 0 unspecified atom stereocenters. The van der Waals surface area contributed by atoms with E-state index in [1.54, 1.807) is 12.1 Å². The Bertz CT molecular complexity index is 555. The van der Waals surface area contributed by atoms with E-state index in [9.17, 15) is 4.79 Å². The Labute approximate surface area is 120 Å². The molecular weight excluding hydrogens is 284 g/mol. The quantitative estimate of drug-likeness (QED) is 0.831. The summed E-state index contributed by atoms with van der Waals surface area (Å²) in [6.07, 6.45) is 0. The predicted octanol–water partition coefficient (Wildman–Crippen LogP) is 2.34. The summed E-state index contributed by atoms with van der Waals surface area (Å²) in [6, 6.07) is 7.15. The van der Waals surface area contributed by atoms with Gasteiger partial charge in [0, 0.05) is 13.1 Å². The van der Waals surface area contributed by atoms with Crippen molar-refractivity contribution >= 4 is 34.7 Å². The van der Waals surface area contributed by atoms with E-state index in [-0.39, 0.29) is 5.91 Å². The number of hydrogen-bond acceptors (Lipinski definition) is 5. The van der Waals surface area contributed by atoms with Crippen LogP contribution in [0, 0.1) is 6.92 Å². The normalized spacial score (nSPS) is 10.2. The lowest BCUT2D eigenvalue weighted by Crippen LogP contribution is -2.28. The third-order valence-electron chi connectivity index (χ3n) is 2.31. The molecule has 2 rings (SSSR count). The van der Waals surface area contributed by atoms with Crippen molar-refractivity contribution in [2.75, 3.05) is 18.4 Å². The van der Waals surface area contributed by atoms with Gasteiger partial charge in [-0.15, -0.1) is 16.4 Å². The molecule has 0 aromatic carbocycles. The van der Waals surface area contributed by atoms with Crippen LogP contribution < -0.4 is 10.6 Å². The Balaban J connectivity index is 1.72. The lowest BCUT2D eigenvalue weighted by atomic mass is 10.4. The van der Waals surface area contributed by atoms with Crippen molar-refractivity contribution in [3.63, 3.8) is 0 Å². The van der Waals surface area contributed by atoms with Crippen LogP contribution in [-0.2, 0) is 0 Å². The minimum absolute atomic E-state index is 0.117. The number of aromatic nitrogens is 2. The van der Waals surface area contributed by atoms with E-state index in [1.165, 1.54) is 11.3 Å². The van der Waals surface area contributed by atoms with Gasteiger partial charge in [0.05, 0.1) is 14.9 Å². The third-order valence-corrected chi connectivity index (χ3v) is 3.54. The van der Waals surface area contributed by atoms with E-state index in [4.69, 9.17) is 11.6 Å². The first-order chi connectivity index (χ1) is 9.15. The SMILES string of the molecule is Cc1ccc(NCCNC(=O)c2ccc(Cl)s2)nn1. The van der Waals surface area contributed by atoms with Crippen LogP contribution in [0.3, 0.4) is 0 Å². The standard InChI is InChI=1S/C12H13ClN4OS/c1-8-2-5-11(17-16-8)14-6-7-15-12(18)9-3-4-10(13)19-9/h2-5H,6-7H2,1H3,(H,14,17)(H,15,18). The van der Waals surface area contributed by atoms with Gasteiger partial charge < -0.3 is 10.6 Å². The van der Waals surface area contributed by atoms with Gasteiger partial charge in [-0.25, -0.2) is 0 Å². The van der Waals surface area contributed by atoms with Crippen molar-refractivity contribution in [3.8, 4) is 0 Å². The van der Waals surface area contributed by atoms with Gasteiger partial charge in [-0.3, -0.25) is 4.79 Å². The molecule has 0 fully saturated rings. The molecule has 0 saturated heterocycles. The summed E-state index contributed by atoms with van der Waals surface area (Å²) in [5.74, 6) is 0.577. The predicted molar refractivity (Wildman–Crippen MR) is 76.9 cm³/mol. The molecule has 100 valence electrons. The zero-order valence-electron chi connectivity index (χ0n) is 10.3. The minimum Gasteiger partial charge on any atom is -0.367 e. The highest BCUT2D eigenvalue weighted by Crippen LogP contribution is 2.20. The highest BCUT2D eigenvalue weighted by atomic mass is 35.5. The number of carbonyl (C=O) groups excluding carboxylic acids is 1. The summed E-state index contributed by atoms with van der Waals surface area (Å²) >= 11 is 7.03. The molecule has 2 N–H and O–H groups in total. The lowest BCUT2D eigenvalue weighted by molar-refractivity contribution is 0.0959. The molecule has 0 bridgehead atoms. The molecule has 0 aliphatic carbocycles. The monoisotopic (exact) mass is 296 g/mol. The zero-order chi connectivity index (χ0) is 13.7. The number of carbonyl (C=O) groups is 1. The summed E-state index contributed by atoms with van der Waals surface area (Å²) in [5.41, 5.74) is 0.869. The lowest BCUT2D eigenvalue weighted by Gasteiger charge is -2.06. The highest BCUT2D eigenvalue weighted by Gasteiger charge is 2.07. The minimum atomic E-state index is -0.117. The van der Waals surface area contributed by atoms with Crippen molar-refractivity contribution in [1.29, 1.82) is 0 Å². The molecule has 0 radical (unpaired) electrons. The van der Waals surface area contributed by atoms with Crippen molar-refractivity contribution in [1.82, 2.24) is 15.5 Å². The Morgan fingerprint density at radius 2 is 2.11 bits per heavy atom. The van der Waals surface area contributed by atoms with E-state index in [2.05, 4.69) is 20.8 Å². The van der Waals surface area contributed by atoms with Gasteiger partial charge in [-0.2, -0.15) is 5.10 Å². The number of rotatable bonds is 5. The van der Waals surface area contributed by atoms with Crippen LogP contribution in [0.4, 0.5) is 5.82 Å². The Morgan fingerprint density at radius 3 is 2.74 bits per heavy atom. The maximum Gasteiger partial charge on any atom is 0.261 e. The average molecular weight is 297 g/mol. The fourth-order valence-electron chi connectivity index (χ4n) is 1.38. The number of nitrogens with zero attached hydrogens (tertiary/aromatic N) is 2. The van der Waals surface area contributed by atoms with Crippen LogP contribution in [-0.4, -0.2) is 29.2 Å². The van der Waals surface area contributed by atoms with Crippen LogP contribution >= 0.6 is 22.9 Å². The number of hydrogen-bond donors (Lipinski definition) is 2. The molecule has 19 heavy (non-hydrogen) atoms. The van der Waals surface area contributed by atoms with Crippen molar-refractivity contribution in [3.05, 3.63) is 39.2 Å². The fraction of sp³-hybridized carbons (Fsp3) is 0.250. The first kappa shape index (κ1) is 13.8. The molecule has 0 saturated carbocycles. The maximum atomic E-state index is 11.7. The summed E-state index contributed by atoms with van der Waals surface area (Å²) in [6.45, 7) is 2.97. The highest BCUT2D eigenvalue weighted by molar-refractivity contribution is 7.17. The van der Waals surface area contributed by atoms with Crippen molar-refractivity contribution in [2.45, 2.75) is 6.92 Å². The van der Waals surface area contributed by atoms with Gasteiger partial charge in [0.25, 0.3) is 5.91 Å². The molecule has 2 aromatic rings. The number of aryl methyl sites for hydroxylation is 1. The molecule has 0 aliphatic heterocycles. The Hall–Kier alpha value is -1.66. The Kier molecular flexibility index (Phi) is 4.70. The molecule has 0 aliphatic rings. The number of halogens is 1. The fourth-order valence-corrected chi connectivity index (χ4v) is 2.34. The zero-order valence-corrected chi connectivity index (χ0v) is 11.9. The summed E-state index contributed by atoms with van der Waals surface area (Å²) in [7, 11) is 0. The number of nitrogens with one attached hydrogen (secondary N) is 2. The van der Waals surface area contributed by atoms with Crippen LogP contribution in [0.1, 0.15) is 15.4 Å². The molecule has 7 heteroatoms. The molecule has 2 aromatic heterocycles. The van der Waals surface area contributed by atoms with E-state index >= 15 is 0 Å². The summed E-state index contributed by atoms with van der Waals surface area (Å²) < 4.78 is 0.609. The molecular formula is C12H13ClN4OS. The number of anilines is 1. The van der Waals surface area contributed by atoms with Gasteiger partial charge in [-0.05, 0) is 31.2 Å². The number of amides is 1. The van der Waals surface area contributed by atoms with Crippen molar-refractivity contribution in [2.24, 2.45) is 0 Å². The van der Waals surface area contributed by atoms with Crippen LogP contribution in [0.2, 0.25) is 4.34 Å². The van der Waals surface area contributed by atoms with E-state index < -0.39 is 0 Å². The largest absolute Gasteiger partial charge is 0.367 e. The van der Waals surface area contributed by atoms with Gasteiger partial charge in [-0.1, -0.05) is 11.6 Å². The van der Waals surface area contributed by atoms with E-state index in [0.29, 0.717) is 28.1 Å². The molecule has 0 spiro atoms. The maximum absolute atomic E-state index is 11.7. The van der Waals surface area contributed by atoms with Gasteiger partial charge >= 0.3 is 0 Å². The van der Waals surface area contributed by atoms with Crippen LogP contribution in [0.25, 0.3) is 0 Å². The first-order valence-electron chi connectivity index (χ1n) is 5.73. The van der Waals surface area contributed by atoms with Gasteiger partial charge in [0.1, 0.15) is 5.82 Å². The molecule has 0 atom stereocenters. The second-order valence-corrected chi connectivity index (χ2v) is 5.56. The topological polar surface area (TPSA) is 66.9 Å². The number of thiophene rings is 1. The van der Waals surface area contributed by atoms with Gasteiger partial charge in [0.15, 0.2) is 0 Å². The summed E-state index contributed by atoms with van der Waals surface area (Å²) in [5, 5.41) is 13.8. The molecule has 5 nitrogen and oxygen atoms in total. The second kappa shape index (κ2) is 6.49. The smallest absolute Gasteiger partial charge is 0.261 e. The van der Waals surface area contributed by atoms with Crippen LogP contribution in [0.5, 0.6) is 0 Å². The van der Waals surface area contributed by atoms with Gasteiger partial charge in [0.2, 0.25) is 0 Å². The van der Waals surface area contributed by atoms with E-state index in [1.807, 2.05) is 19.1 Å². The second-order valence-electron chi connectivity index (χ2n) is 3.85. The first-order valence-corrected chi connectivity index (χ1v) is 6.92. The van der Waals surface area contributed by atoms with Crippen molar-refractivity contribution < 1.29 is 4.79 Å². The summed E-state index contributed by atoms with van der Waals surface area (Å²) in [4.78, 5) is 12.3.